The van der Waals surface area contributed by atoms with E-state index in [9.17, 15) is 4.39 Å². The van der Waals surface area contributed by atoms with Crippen LogP contribution in [0.25, 0.3) is 0 Å². The van der Waals surface area contributed by atoms with Crippen molar-refractivity contribution in [3.05, 3.63) is 29.0 Å². The van der Waals surface area contributed by atoms with E-state index in [0.29, 0.717) is 0 Å². The van der Waals surface area contributed by atoms with Crippen LogP contribution in [0.4, 0.5) is 4.39 Å². The summed E-state index contributed by atoms with van der Waals surface area (Å²) in [7, 11) is 0. The first-order valence-corrected chi connectivity index (χ1v) is 4.18. The topological polar surface area (TPSA) is 0 Å². The predicted molar refractivity (Wildman–Crippen MR) is 36.8 cm³/mol. The molecular formula is C6H3ClFSn. The second-order valence-electron chi connectivity index (χ2n) is 1.60. The molecular weight excluding hydrogens is 245 g/mol. The standard InChI is InChI=1S/C6H3ClF.Sn/c7-5-3-1-2-4-6(5)8;/h1-2,4H;. The van der Waals surface area contributed by atoms with Gasteiger partial charge in [0.1, 0.15) is 0 Å². The first-order chi connectivity index (χ1) is 4.22. The van der Waals surface area contributed by atoms with Crippen LogP contribution >= 0.6 is 11.6 Å². The van der Waals surface area contributed by atoms with Crippen molar-refractivity contribution in [1.82, 2.24) is 0 Å². The number of rotatable bonds is 0. The molecule has 0 amide bonds. The van der Waals surface area contributed by atoms with Gasteiger partial charge < -0.3 is 0 Å². The fourth-order valence-electron chi connectivity index (χ4n) is 0.504. The number of hydrogen-bond donors (Lipinski definition) is 0. The van der Waals surface area contributed by atoms with Crippen molar-refractivity contribution in [2.24, 2.45) is 0 Å². The molecule has 0 fully saturated rings. The average molecular weight is 248 g/mol. The Labute approximate surface area is 71.1 Å². The van der Waals surface area contributed by atoms with Crippen LogP contribution in [0.1, 0.15) is 0 Å². The van der Waals surface area contributed by atoms with Crippen molar-refractivity contribution in [3.63, 3.8) is 0 Å². The second-order valence-corrected chi connectivity index (χ2v) is 3.52. The Bertz CT molecular complexity index is 204. The Morgan fingerprint density at radius 1 is 1.44 bits per heavy atom. The molecule has 0 aliphatic heterocycles. The van der Waals surface area contributed by atoms with E-state index >= 15 is 0 Å². The third-order valence-corrected chi connectivity index (χ3v) is 2.98. The molecule has 3 radical (unpaired) electrons. The Kier molecular flexibility index (Phi) is 2.35. The zero-order valence-corrected chi connectivity index (χ0v) is 8.10. The average Bonchev–Trinajstić information content (AvgIpc) is 1.83. The molecule has 0 saturated heterocycles. The molecule has 0 nitrogen and oxygen atoms in total. The molecule has 1 aromatic carbocycles. The van der Waals surface area contributed by atoms with E-state index in [0.717, 1.165) is 26.1 Å². The van der Waals surface area contributed by atoms with Gasteiger partial charge in [-0.1, -0.05) is 0 Å². The Balaban J connectivity index is 3.25. The van der Waals surface area contributed by atoms with Gasteiger partial charge in [-0.05, 0) is 0 Å². The SMILES string of the molecule is Fc1ccc[c]([Sn])c1Cl. The third kappa shape index (κ3) is 1.58. The molecule has 0 unspecified atom stereocenters. The summed E-state index contributed by atoms with van der Waals surface area (Å²) in [4.78, 5) is 0. The van der Waals surface area contributed by atoms with Crippen molar-refractivity contribution in [3.8, 4) is 0 Å². The van der Waals surface area contributed by atoms with Crippen molar-refractivity contribution in [2.75, 3.05) is 0 Å². The number of hydrogen-bond acceptors (Lipinski definition) is 0. The second kappa shape index (κ2) is 2.88. The van der Waals surface area contributed by atoms with E-state index in [1.165, 1.54) is 6.07 Å². The van der Waals surface area contributed by atoms with Crippen molar-refractivity contribution in [2.45, 2.75) is 0 Å². The van der Waals surface area contributed by atoms with Gasteiger partial charge >= 0.3 is 71.1 Å². The van der Waals surface area contributed by atoms with Crippen LogP contribution in [0.3, 0.4) is 0 Å². The summed E-state index contributed by atoms with van der Waals surface area (Å²) >= 11 is 6.67. The van der Waals surface area contributed by atoms with E-state index in [4.69, 9.17) is 11.6 Å². The molecule has 0 atom stereocenters. The molecule has 0 saturated carbocycles. The molecule has 0 N–H and O–H groups in total. The Morgan fingerprint density at radius 3 is 2.56 bits per heavy atom. The molecule has 0 bridgehead atoms. The summed E-state index contributed by atoms with van der Waals surface area (Å²) in [5.41, 5.74) is 0. The van der Waals surface area contributed by atoms with Crippen molar-refractivity contribution < 1.29 is 4.39 Å². The van der Waals surface area contributed by atoms with Crippen LogP contribution in [-0.2, 0) is 0 Å². The third-order valence-electron chi connectivity index (χ3n) is 0.952. The molecule has 3 heteroatoms. The fraction of sp³-hybridized carbons (Fsp3) is 0. The Hall–Kier alpha value is 0.239. The first kappa shape index (κ1) is 7.35. The van der Waals surface area contributed by atoms with E-state index in [1.54, 1.807) is 6.07 Å². The van der Waals surface area contributed by atoms with Crippen LogP contribution in [0.5, 0.6) is 0 Å². The van der Waals surface area contributed by atoms with Gasteiger partial charge in [0.25, 0.3) is 0 Å². The fourth-order valence-corrected chi connectivity index (χ4v) is 1.25. The van der Waals surface area contributed by atoms with Gasteiger partial charge in [-0.25, -0.2) is 0 Å². The van der Waals surface area contributed by atoms with Gasteiger partial charge in [-0.3, -0.25) is 0 Å². The maximum atomic E-state index is 12.5. The van der Waals surface area contributed by atoms with E-state index in [-0.39, 0.29) is 10.8 Å². The molecule has 45 valence electrons. The normalized spacial score (nSPS) is 9.67. The summed E-state index contributed by atoms with van der Waals surface area (Å²) in [6.07, 6.45) is 0. The minimum atomic E-state index is -0.328. The summed E-state index contributed by atoms with van der Waals surface area (Å²) < 4.78 is 13.3. The molecule has 0 aromatic heterocycles. The van der Waals surface area contributed by atoms with Crippen molar-refractivity contribution >= 4 is 37.7 Å². The predicted octanol–water partition coefficient (Wildman–Crippen LogP) is 1.27. The van der Waals surface area contributed by atoms with Gasteiger partial charge in [-0.2, -0.15) is 0 Å². The molecule has 1 aromatic rings. The molecule has 0 aliphatic carbocycles. The van der Waals surface area contributed by atoms with Crippen LogP contribution in [0.2, 0.25) is 5.02 Å². The van der Waals surface area contributed by atoms with Gasteiger partial charge in [0.05, 0.1) is 0 Å². The van der Waals surface area contributed by atoms with Crippen LogP contribution in [0, 0.1) is 5.82 Å². The van der Waals surface area contributed by atoms with Gasteiger partial charge in [0.2, 0.25) is 0 Å². The molecule has 0 spiro atoms. The van der Waals surface area contributed by atoms with E-state index in [1.807, 2.05) is 6.07 Å². The summed E-state index contributed by atoms with van der Waals surface area (Å²) in [5, 5.41) is 0.260. The van der Waals surface area contributed by atoms with Crippen molar-refractivity contribution in [1.29, 1.82) is 0 Å². The quantitative estimate of drug-likeness (QED) is 0.607. The number of benzene rings is 1. The molecule has 9 heavy (non-hydrogen) atoms. The van der Waals surface area contributed by atoms with Gasteiger partial charge in [0, 0.05) is 0 Å². The van der Waals surface area contributed by atoms with E-state index < -0.39 is 0 Å². The molecule has 0 heterocycles. The van der Waals surface area contributed by atoms with Gasteiger partial charge in [0.15, 0.2) is 0 Å². The van der Waals surface area contributed by atoms with E-state index in [2.05, 4.69) is 0 Å². The van der Waals surface area contributed by atoms with Crippen LogP contribution in [0.15, 0.2) is 18.2 Å². The van der Waals surface area contributed by atoms with Crippen LogP contribution < -0.4 is 3.58 Å². The zero-order chi connectivity index (χ0) is 6.85. The summed E-state index contributed by atoms with van der Waals surface area (Å²) in [6, 6.07) is 4.82. The zero-order valence-electron chi connectivity index (χ0n) is 4.49. The monoisotopic (exact) mass is 249 g/mol. The molecule has 0 aliphatic rings. The summed E-state index contributed by atoms with van der Waals surface area (Å²) in [6.45, 7) is 0. The summed E-state index contributed by atoms with van der Waals surface area (Å²) in [5.74, 6) is -0.328. The Morgan fingerprint density at radius 2 is 2.11 bits per heavy atom. The minimum absolute atomic E-state index is 0.260. The first-order valence-electron chi connectivity index (χ1n) is 2.37. The number of halogens is 2. The molecule has 1 rings (SSSR count). The van der Waals surface area contributed by atoms with Gasteiger partial charge in [-0.15, -0.1) is 0 Å². The maximum absolute atomic E-state index is 12.5. The van der Waals surface area contributed by atoms with Crippen LogP contribution in [-0.4, -0.2) is 22.5 Å².